The van der Waals surface area contributed by atoms with Gasteiger partial charge in [0.1, 0.15) is 0 Å². The van der Waals surface area contributed by atoms with Crippen LogP contribution in [-0.4, -0.2) is 37.2 Å². The van der Waals surface area contributed by atoms with Crippen LogP contribution in [0.15, 0.2) is 40.0 Å². The summed E-state index contributed by atoms with van der Waals surface area (Å²) in [6.07, 6.45) is 0.856. The van der Waals surface area contributed by atoms with E-state index in [0.29, 0.717) is 31.5 Å². The molecule has 3 rings (SSSR count). The van der Waals surface area contributed by atoms with E-state index < -0.39 is 0 Å². The van der Waals surface area contributed by atoms with Gasteiger partial charge in [0.25, 0.3) is 0 Å². The maximum absolute atomic E-state index is 12.2. The van der Waals surface area contributed by atoms with Crippen LogP contribution in [0.25, 0.3) is 0 Å². The van der Waals surface area contributed by atoms with Crippen LogP contribution in [0.1, 0.15) is 32.8 Å². The molecular weight excluding hydrogens is 515 g/mol. The first-order valence-electron chi connectivity index (χ1n) is 9.66. The number of benzene rings is 1. The number of nitrogens with zero attached hydrogens (tertiary/aromatic N) is 1. The Kier molecular flexibility index (Phi) is 9.22. The third-order valence-corrected chi connectivity index (χ3v) is 4.67. The summed E-state index contributed by atoms with van der Waals surface area (Å²) in [6, 6.07) is 7.71. The third kappa shape index (κ3) is 8.02. The first-order chi connectivity index (χ1) is 13.9. The number of rotatable bonds is 5. The standard InChI is InChI=1S/C21H28N4O3S.HI/c1-21(2,3)25-19(26)13-23-20(22-12-15-7-10-29-14-15)24-16-5-6-17-18(11-16)28-9-4-8-27-17;/h5-7,10-11,14H,4,8-9,12-13H2,1-3H3,(H,25,26)(H2,22,23,24);1H. The average Bonchev–Trinajstić information content (AvgIpc) is 3.06. The predicted molar refractivity (Wildman–Crippen MR) is 132 cm³/mol. The van der Waals surface area contributed by atoms with Gasteiger partial charge < -0.3 is 25.4 Å². The number of thiophene rings is 1. The number of aliphatic imine (C=N–C) groups is 1. The summed E-state index contributed by atoms with van der Waals surface area (Å²) in [7, 11) is 0. The Morgan fingerprint density at radius 3 is 2.63 bits per heavy atom. The predicted octanol–water partition coefficient (Wildman–Crippen LogP) is 4.00. The van der Waals surface area contributed by atoms with Crippen molar-refractivity contribution in [3.05, 3.63) is 40.6 Å². The zero-order valence-corrected chi connectivity index (χ0v) is 20.6. The average molecular weight is 544 g/mol. The summed E-state index contributed by atoms with van der Waals surface area (Å²) in [4.78, 5) is 16.8. The van der Waals surface area contributed by atoms with Crippen molar-refractivity contribution in [2.45, 2.75) is 39.3 Å². The third-order valence-electron chi connectivity index (χ3n) is 3.94. The lowest BCUT2D eigenvalue weighted by Crippen LogP contribution is -2.46. The molecule has 1 aromatic carbocycles. The minimum Gasteiger partial charge on any atom is -0.490 e. The summed E-state index contributed by atoms with van der Waals surface area (Å²) in [5.74, 6) is 1.87. The van der Waals surface area contributed by atoms with Crippen LogP contribution in [0.4, 0.5) is 5.69 Å². The number of guanidine groups is 1. The van der Waals surface area contributed by atoms with E-state index in [9.17, 15) is 4.79 Å². The zero-order valence-electron chi connectivity index (χ0n) is 17.5. The first kappa shape index (κ1) is 24.3. The molecule has 3 N–H and O–H groups in total. The van der Waals surface area contributed by atoms with Crippen LogP contribution in [0.3, 0.4) is 0 Å². The van der Waals surface area contributed by atoms with E-state index in [1.165, 1.54) is 0 Å². The summed E-state index contributed by atoms with van der Waals surface area (Å²) in [5.41, 5.74) is 1.64. The maximum atomic E-state index is 12.2. The van der Waals surface area contributed by atoms with Crippen LogP contribution in [0.2, 0.25) is 0 Å². The van der Waals surface area contributed by atoms with Gasteiger partial charge in [0, 0.05) is 23.7 Å². The summed E-state index contributed by atoms with van der Waals surface area (Å²) in [6.45, 7) is 7.77. The Balaban J connectivity index is 0.00000320. The van der Waals surface area contributed by atoms with Gasteiger partial charge in [-0.15, -0.1) is 24.0 Å². The second kappa shape index (κ2) is 11.4. The largest absolute Gasteiger partial charge is 0.490 e. The van der Waals surface area contributed by atoms with Gasteiger partial charge >= 0.3 is 0 Å². The molecular formula is C21H29IN4O3S. The SMILES string of the molecule is CC(C)(C)NC(=O)CNC(=NCc1ccsc1)Nc1ccc2c(c1)OCCCO2.I. The van der Waals surface area contributed by atoms with Crippen LogP contribution < -0.4 is 25.4 Å². The number of hydrogen-bond donors (Lipinski definition) is 3. The number of carbonyl (C=O) groups excluding carboxylic acids is 1. The van der Waals surface area contributed by atoms with Crippen molar-refractivity contribution in [1.29, 1.82) is 0 Å². The normalized spacial score (nSPS) is 13.6. The van der Waals surface area contributed by atoms with E-state index in [-0.39, 0.29) is 42.0 Å². The fourth-order valence-electron chi connectivity index (χ4n) is 2.70. The number of carbonyl (C=O) groups is 1. The lowest BCUT2D eigenvalue weighted by atomic mass is 10.1. The number of nitrogens with one attached hydrogen (secondary N) is 3. The van der Waals surface area contributed by atoms with Crippen molar-refractivity contribution in [2.24, 2.45) is 4.99 Å². The van der Waals surface area contributed by atoms with Crippen molar-refractivity contribution >= 4 is 52.9 Å². The molecule has 0 atom stereocenters. The molecule has 2 aromatic rings. The van der Waals surface area contributed by atoms with Crippen molar-refractivity contribution in [3.8, 4) is 11.5 Å². The Bertz CT molecular complexity index is 850. The highest BCUT2D eigenvalue weighted by Crippen LogP contribution is 2.32. The molecule has 7 nitrogen and oxygen atoms in total. The van der Waals surface area contributed by atoms with E-state index in [0.717, 1.165) is 23.4 Å². The molecule has 1 aliphatic rings. The van der Waals surface area contributed by atoms with Gasteiger partial charge in [0.05, 0.1) is 26.3 Å². The minimum absolute atomic E-state index is 0. The quantitative estimate of drug-likeness (QED) is 0.301. The van der Waals surface area contributed by atoms with Gasteiger partial charge in [0.2, 0.25) is 5.91 Å². The molecule has 9 heteroatoms. The van der Waals surface area contributed by atoms with E-state index in [1.54, 1.807) is 11.3 Å². The van der Waals surface area contributed by atoms with E-state index in [2.05, 4.69) is 26.3 Å². The van der Waals surface area contributed by atoms with Crippen molar-refractivity contribution < 1.29 is 14.3 Å². The van der Waals surface area contributed by atoms with Crippen molar-refractivity contribution in [1.82, 2.24) is 10.6 Å². The Hall–Kier alpha value is -2.01. The Morgan fingerprint density at radius 1 is 1.17 bits per heavy atom. The smallest absolute Gasteiger partial charge is 0.239 e. The van der Waals surface area contributed by atoms with Crippen molar-refractivity contribution in [2.75, 3.05) is 25.1 Å². The van der Waals surface area contributed by atoms with E-state index in [4.69, 9.17) is 9.47 Å². The van der Waals surface area contributed by atoms with Crippen LogP contribution >= 0.6 is 35.3 Å². The number of ether oxygens (including phenoxy) is 2. The van der Waals surface area contributed by atoms with Crippen LogP contribution in [0.5, 0.6) is 11.5 Å². The highest BCUT2D eigenvalue weighted by Gasteiger charge is 2.15. The number of halogens is 1. The fourth-order valence-corrected chi connectivity index (χ4v) is 3.36. The molecule has 0 saturated heterocycles. The monoisotopic (exact) mass is 544 g/mol. The van der Waals surface area contributed by atoms with Gasteiger partial charge in [-0.25, -0.2) is 4.99 Å². The number of fused-ring (bicyclic) bond motifs is 1. The molecule has 0 unspecified atom stereocenters. The van der Waals surface area contributed by atoms with Crippen LogP contribution in [-0.2, 0) is 11.3 Å². The first-order valence-corrected chi connectivity index (χ1v) is 10.6. The second-order valence-corrected chi connectivity index (χ2v) is 8.57. The molecule has 0 bridgehead atoms. The van der Waals surface area contributed by atoms with Gasteiger partial charge in [-0.3, -0.25) is 4.79 Å². The van der Waals surface area contributed by atoms with E-state index >= 15 is 0 Å². The molecule has 0 saturated carbocycles. The molecule has 0 spiro atoms. The molecule has 0 fully saturated rings. The lowest BCUT2D eigenvalue weighted by molar-refractivity contribution is -0.121. The Morgan fingerprint density at radius 2 is 1.93 bits per heavy atom. The lowest BCUT2D eigenvalue weighted by Gasteiger charge is -2.21. The molecule has 1 aromatic heterocycles. The second-order valence-electron chi connectivity index (χ2n) is 7.79. The van der Waals surface area contributed by atoms with Gasteiger partial charge in [-0.2, -0.15) is 11.3 Å². The van der Waals surface area contributed by atoms with Crippen LogP contribution in [0, 0.1) is 0 Å². The molecule has 164 valence electrons. The topological polar surface area (TPSA) is 84.0 Å². The fraction of sp³-hybridized carbons (Fsp3) is 0.429. The summed E-state index contributed by atoms with van der Waals surface area (Å²) < 4.78 is 11.4. The molecule has 0 radical (unpaired) electrons. The Labute approximate surface area is 198 Å². The van der Waals surface area contributed by atoms with Gasteiger partial charge in [-0.1, -0.05) is 0 Å². The molecule has 1 amide bonds. The number of hydrogen-bond acceptors (Lipinski definition) is 5. The highest BCUT2D eigenvalue weighted by atomic mass is 127. The summed E-state index contributed by atoms with van der Waals surface area (Å²) >= 11 is 1.63. The van der Waals surface area contributed by atoms with Crippen molar-refractivity contribution in [3.63, 3.8) is 0 Å². The molecule has 30 heavy (non-hydrogen) atoms. The molecule has 1 aliphatic heterocycles. The number of anilines is 1. The summed E-state index contributed by atoms with van der Waals surface area (Å²) in [5, 5.41) is 13.4. The van der Waals surface area contributed by atoms with Gasteiger partial charge in [-0.05, 0) is 55.3 Å². The maximum Gasteiger partial charge on any atom is 0.239 e. The zero-order chi connectivity index (χ0) is 20.7. The van der Waals surface area contributed by atoms with Gasteiger partial charge in [0.15, 0.2) is 17.5 Å². The molecule has 0 aliphatic carbocycles. The number of amides is 1. The minimum atomic E-state index is -0.283. The highest BCUT2D eigenvalue weighted by molar-refractivity contribution is 14.0. The van der Waals surface area contributed by atoms with E-state index in [1.807, 2.05) is 50.4 Å². The molecule has 2 heterocycles.